The summed E-state index contributed by atoms with van der Waals surface area (Å²) >= 11 is 5.53. The van der Waals surface area contributed by atoms with Crippen LogP contribution in [0.3, 0.4) is 0 Å². The number of hydrogen-bond acceptors (Lipinski definition) is 5. The van der Waals surface area contributed by atoms with E-state index in [0.717, 1.165) is 22.3 Å². The highest BCUT2D eigenvalue weighted by molar-refractivity contribution is 7.89. The number of nitrogens with one attached hydrogen (secondary N) is 4. The Balaban J connectivity index is 2.16. The van der Waals surface area contributed by atoms with Gasteiger partial charge in [-0.05, 0) is 77.3 Å². The highest BCUT2D eigenvalue weighted by Gasteiger charge is 2.28. The summed E-state index contributed by atoms with van der Waals surface area (Å²) in [7, 11) is -4.04. The Kier molecular flexibility index (Phi) is 12.3. The van der Waals surface area contributed by atoms with Gasteiger partial charge in [0.05, 0.1) is 15.9 Å². The van der Waals surface area contributed by atoms with Crippen LogP contribution in [0.1, 0.15) is 69.7 Å². The van der Waals surface area contributed by atoms with Crippen molar-refractivity contribution in [3.05, 3.63) is 70.8 Å². The summed E-state index contributed by atoms with van der Waals surface area (Å²) in [6, 6.07) is 10.1. The molecule has 2 amide bonds. The molecular weight excluding hydrogens is 556 g/mol. The summed E-state index contributed by atoms with van der Waals surface area (Å²) in [5, 5.41) is 8.78. The molecule has 2 aromatic carbocycles. The van der Waals surface area contributed by atoms with Crippen molar-refractivity contribution >= 4 is 45.1 Å². The van der Waals surface area contributed by atoms with Crippen LogP contribution in [-0.4, -0.2) is 42.8 Å². The molecule has 0 unspecified atom stereocenters. The van der Waals surface area contributed by atoms with E-state index in [1.165, 1.54) is 12.1 Å². The predicted molar refractivity (Wildman–Crippen MR) is 169 cm³/mol. The van der Waals surface area contributed by atoms with Crippen LogP contribution in [0, 0.1) is 19.3 Å². The van der Waals surface area contributed by atoms with Gasteiger partial charge in [-0.1, -0.05) is 60.1 Å². The molecule has 41 heavy (non-hydrogen) atoms. The molecule has 0 aliphatic heterocycles. The monoisotopic (exact) mass is 596 g/mol. The number of sulfonamides is 1. The lowest BCUT2D eigenvalue weighted by atomic mass is 10.0. The van der Waals surface area contributed by atoms with Crippen LogP contribution in [-0.2, 0) is 26.2 Å². The fourth-order valence-corrected chi connectivity index (χ4v) is 5.30. The van der Waals surface area contributed by atoms with Crippen molar-refractivity contribution in [1.29, 1.82) is 0 Å². The molecule has 0 saturated heterocycles. The van der Waals surface area contributed by atoms with E-state index in [-0.39, 0.29) is 23.6 Å². The molecule has 0 aliphatic rings. The second-order valence-corrected chi connectivity index (χ2v) is 12.9. The Hall–Kier alpha value is -3.52. The minimum Gasteiger partial charge on any atom is -0.374 e. The zero-order valence-electron chi connectivity index (χ0n) is 24.5. The lowest BCUT2D eigenvalue weighted by Gasteiger charge is -2.24. The molecule has 10 heteroatoms. The molecule has 2 atom stereocenters. The van der Waals surface area contributed by atoms with Gasteiger partial charge in [-0.3, -0.25) is 9.59 Å². The van der Waals surface area contributed by atoms with Gasteiger partial charge >= 0.3 is 0 Å². The summed E-state index contributed by atoms with van der Waals surface area (Å²) in [4.78, 5) is 26.2. The van der Waals surface area contributed by atoms with Gasteiger partial charge in [-0.15, -0.1) is 6.42 Å². The maximum absolute atomic E-state index is 13.3. The van der Waals surface area contributed by atoms with Gasteiger partial charge in [0.1, 0.15) is 6.04 Å². The van der Waals surface area contributed by atoms with Crippen LogP contribution in [0.4, 0.5) is 0 Å². The first-order valence-electron chi connectivity index (χ1n) is 13.4. The van der Waals surface area contributed by atoms with Crippen molar-refractivity contribution in [3.63, 3.8) is 0 Å². The highest BCUT2D eigenvalue weighted by Crippen LogP contribution is 2.17. The van der Waals surface area contributed by atoms with Crippen molar-refractivity contribution in [3.8, 4) is 12.3 Å². The number of thiocarbonyl (C=S) groups is 1. The maximum atomic E-state index is 13.3. The number of benzene rings is 2. The third-order valence-corrected chi connectivity index (χ3v) is 8.00. The highest BCUT2D eigenvalue weighted by atomic mass is 32.2. The third kappa shape index (κ3) is 10.8. The van der Waals surface area contributed by atoms with E-state index >= 15 is 0 Å². The normalized spacial score (nSPS) is 13.2. The molecular formula is C31H40N4O4S2. The maximum Gasteiger partial charge on any atom is 0.241 e. The third-order valence-electron chi connectivity index (χ3n) is 6.01. The Morgan fingerprint density at radius 2 is 1.78 bits per heavy atom. The first-order valence-corrected chi connectivity index (χ1v) is 15.2. The van der Waals surface area contributed by atoms with Gasteiger partial charge in [0, 0.05) is 24.1 Å². The largest absolute Gasteiger partial charge is 0.374 e. The van der Waals surface area contributed by atoms with Crippen molar-refractivity contribution in [2.24, 2.45) is 0 Å². The first-order chi connectivity index (χ1) is 19.2. The average molecular weight is 597 g/mol. The standard InChI is InChI=1S/C31H40N4O4S2/c1-8-11-26-23(9-2)12-10-13-24(26)20-32-30(40)22(4)33-29(37)27(18-19-28(36)34-31(5,6)7)35-41(38,39)25-16-14-21(3)15-17-25/h2,8,10-17,22,27,35H,18-20H2,1,3-7H3,(H,32,40)(H,33,37)(H,34,36)/b11-8-/t22-,27-/m0/s1. The summed E-state index contributed by atoms with van der Waals surface area (Å²) in [6.07, 6.45) is 9.38. The molecule has 0 bridgehead atoms. The molecule has 4 N–H and O–H groups in total. The summed E-state index contributed by atoms with van der Waals surface area (Å²) in [5.41, 5.74) is 3.04. The zero-order chi connectivity index (χ0) is 30.8. The molecule has 0 heterocycles. The Morgan fingerprint density at radius 3 is 2.37 bits per heavy atom. The topological polar surface area (TPSA) is 116 Å². The number of terminal acetylenes is 1. The van der Waals surface area contributed by atoms with Crippen molar-refractivity contribution in [2.45, 2.75) is 83.4 Å². The fourth-order valence-electron chi connectivity index (χ4n) is 3.94. The Bertz CT molecular complexity index is 1420. The average Bonchev–Trinajstić information content (AvgIpc) is 2.89. The number of allylic oxidation sites excluding steroid dienone is 1. The lowest BCUT2D eigenvalue weighted by Crippen LogP contribution is -2.52. The number of aryl methyl sites for hydroxylation is 1. The summed E-state index contributed by atoms with van der Waals surface area (Å²) in [5.74, 6) is 1.80. The van der Waals surface area contributed by atoms with Crippen molar-refractivity contribution in [2.75, 3.05) is 0 Å². The van der Waals surface area contributed by atoms with E-state index in [2.05, 4.69) is 26.6 Å². The summed E-state index contributed by atoms with van der Waals surface area (Å²) in [6.45, 7) is 11.4. The molecule has 0 aromatic heterocycles. The van der Waals surface area contributed by atoms with Gasteiger partial charge in [0.15, 0.2) is 0 Å². The Labute approximate surface area is 249 Å². The van der Waals surface area contributed by atoms with Gasteiger partial charge in [-0.2, -0.15) is 4.72 Å². The van der Waals surface area contributed by atoms with Crippen LogP contribution in [0.15, 0.2) is 53.4 Å². The van der Waals surface area contributed by atoms with Crippen molar-refractivity contribution in [1.82, 2.24) is 20.7 Å². The molecule has 0 radical (unpaired) electrons. The van der Waals surface area contributed by atoms with E-state index < -0.39 is 33.6 Å². The number of carbonyl (C=O) groups is 2. The molecule has 2 rings (SSSR count). The number of carbonyl (C=O) groups excluding carboxylic acids is 2. The van der Waals surface area contributed by atoms with E-state index in [4.69, 9.17) is 18.6 Å². The van der Waals surface area contributed by atoms with Crippen LogP contribution in [0.2, 0.25) is 0 Å². The SMILES string of the molecule is C#Cc1cccc(CNC(=S)[C@H](C)NC(=O)[C@H](CCC(=O)NC(C)(C)C)NS(=O)(=O)c2ccc(C)cc2)c1/C=C\C. The lowest BCUT2D eigenvalue weighted by molar-refractivity contribution is -0.124. The molecule has 220 valence electrons. The fraction of sp³-hybridized carbons (Fsp3) is 0.387. The van der Waals surface area contributed by atoms with Gasteiger partial charge in [0.25, 0.3) is 0 Å². The minimum absolute atomic E-state index is 0.0245. The molecule has 0 saturated carbocycles. The summed E-state index contributed by atoms with van der Waals surface area (Å²) < 4.78 is 28.7. The first kappa shape index (κ1) is 33.7. The van der Waals surface area contributed by atoms with Crippen LogP contribution in [0.5, 0.6) is 0 Å². The molecule has 2 aromatic rings. The number of rotatable bonds is 12. The van der Waals surface area contributed by atoms with Crippen LogP contribution < -0.4 is 20.7 Å². The second-order valence-electron chi connectivity index (χ2n) is 10.8. The minimum atomic E-state index is -4.04. The molecule has 8 nitrogen and oxygen atoms in total. The van der Waals surface area contributed by atoms with Gasteiger partial charge in [-0.25, -0.2) is 8.42 Å². The number of hydrogen-bond donors (Lipinski definition) is 4. The molecule has 0 fully saturated rings. The van der Waals surface area contributed by atoms with E-state index in [1.807, 2.05) is 65.0 Å². The van der Waals surface area contributed by atoms with Crippen LogP contribution >= 0.6 is 12.2 Å². The second kappa shape index (κ2) is 14.9. The molecule has 0 spiro atoms. The van der Waals surface area contributed by atoms with Crippen LogP contribution in [0.25, 0.3) is 6.08 Å². The number of amides is 2. The van der Waals surface area contributed by atoms with E-state index in [1.54, 1.807) is 19.1 Å². The quantitative estimate of drug-likeness (QED) is 0.218. The van der Waals surface area contributed by atoms with Gasteiger partial charge in [0.2, 0.25) is 21.8 Å². The van der Waals surface area contributed by atoms with E-state index in [9.17, 15) is 18.0 Å². The molecule has 0 aliphatic carbocycles. The Morgan fingerprint density at radius 1 is 1.12 bits per heavy atom. The van der Waals surface area contributed by atoms with Crippen molar-refractivity contribution < 1.29 is 18.0 Å². The smallest absolute Gasteiger partial charge is 0.241 e. The zero-order valence-corrected chi connectivity index (χ0v) is 26.1. The van der Waals surface area contributed by atoms with Gasteiger partial charge < -0.3 is 16.0 Å². The van der Waals surface area contributed by atoms with E-state index in [0.29, 0.717) is 11.5 Å². The predicted octanol–water partition coefficient (Wildman–Crippen LogP) is 3.97.